The Hall–Kier alpha value is -1.62. The number of nitrogens with zero attached hydrogens (tertiary/aromatic N) is 1. The first-order valence-electron chi connectivity index (χ1n) is 9.29. The molecule has 1 aliphatic carbocycles. The number of carboxylic acid groups (broad SMARTS) is 1. The van der Waals surface area contributed by atoms with Crippen molar-refractivity contribution in [2.45, 2.75) is 72.8 Å². The Bertz CT molecular complexity index is 724. The number of anilines is 1. The van der Waals surface area contributed by atoms with Crippen molar-refractivity contribution in [3.8, 4) is 0 Å². The molecule has 5 heteroatoms. The maximum Gasteiger partial charge on any atom is 0.348 e. The molecule has 1 heterocycles. The van der Waals surface area contributed by atoms with E-state index in [2.05, 4.69) is 40.7 Å². The fourth-order valence-corrected chi connectivity index (χ4v) is 4.60. The summed E-state index contributed by atoms with van der Waals surface area (Å²) < 4.78 is 0. The van der Waals surface area contributed by atoms with Crippen LogP contribution in [0.15, 0.2) is 17.7 Å². The Labute approximate surface area is 160 Å². The third-order valence-electron chi connectivity index (χ3n) is 5.03. The van der Waals surface area contributed by atoms with Crippen LogP contribution in [0.25, 0.3) is 0 Å². The molecule has 1 aromatic heterocycles. The van der Waals surface area contributed by atoms with Gasteiger partial charge < -0.3 is 10.0 Å². The molecule has 1 amide bonds. The number of amides is 1. The number of hydrogen-bond acceptors (Lipinski definition) is 3. The number of allylic oxidation sites excluding steroid dienone is 2. The minimum absolute atomic E-state index is 0.0389. The summed E-state index contributed by atoms with van der Waals surface area (Å²) in [4.78, 5) is 28.2. The van der Waals surface area contributed by atoms with E-state index >= 15 is 0 Å². The molecular weight excluding hydrogens is 346 g/mol. The molecular formula is C21H31NO3S. The fourth-order valence-electron chi connectivity index (χ4n) is 3.55. The number of carbonyl (C=O) groups is 2. The SMILES string of the molecule is CC1=CC[C@H](C(=O)N(c2cc(C(C)(C)C)sc2C(=O)O)C(C)C)[C@@H](C)C1. The van der Waals surface area contributed by atoms with Gasteiger partial charge >= 0.3 is 5.97 Å². The minimum Gasteiger partial charge on any atom is -0.477 e. The number of aromatic carboxylic acids is 1. The summed E-state index contributed by atoms with van der Waals surface area (Å²) >= 11 is 1.28. The van der Waals surface area contributed by atoms with Gasteiger partial charge in [0.15, 0.2) is 0 Å². The molecule has 0 bridgehead atoms. The normalized spacial score (nSPS) is 20.8. The predicted octanol–water partition coefficient (Wildman–Crippen LogP) is 5.48. The monoisotopic (exact) mass is 377 g/mol. The molecule has 1 N–H and O–H groups in total. The highest BCUT2D eigenvalue weighted by Crippen LogP contribution is 2.40. The lowest BCUT2D eigenvalue weighted by Gasteiger charge is -2.34. The average Bonchev–Trinajstić information content (AvgIpc) is 2.91. The van der Waals surface area contributed by atoms with Gasteiger partial charge in [-0.25, -0.2) is 4.79 Å². The number of hydrogen-bond donors (Lipinski definition) is 1. The molecule has 0 unspecified atom stereocenters. The standard InChI is InChI=1S/C21H31NO3S/c1-12(2)22(19(23)15-9-8-13(3)10-14(15)4)16-11-17(21(5,6)7)26-18(16)20(24)25/h8,11-12,14-15H,9-10H2,1-7H3,(H,24,25)/t14-,15-/m0/s1. The van der Waals surface area contributed by atoms with Gasteiger partial charge in [0.05, 0.1) is 5.69 Å². The number of rotatable bonds is 4. The lowest BCUT2D eigenvalue weighted by molar-refractivity contribution is -0.124. The van der Waals surface area contributed by atoms with Gasteiger partial charge in [-0.15, -0.1) is 11.3 Å². The smallest absolute Gasteiger partial charge is 0.348 e. The molecule has 1 aliphatic rings. The highest BCUT2D eigenvalue weighted by molar-refractivity contribution is 7.14. The summed E-state index contributed by atoms with van der Waals surface area (Å²) in [6.45, 7) is 14.3. The van der Waals surface area contributed by atoms with Gasteiger partial charge in [0.2, 0.25) is 5.91 Å². The van der Waals surface area contributed by atoms with E-state index in [1.165, 1.54) is 16.9 Å². The van der Waals surface area contributed by atoms with Crippen molar-refractivity contribution in [1.29, 1.82) is 0 Å². The van der Waals surface area contributed by atoms with Crippen LogP contribution >= 0.6 is 11.3 Å². The van der Waals surface area contributed by atoms with Crippen LogP contribution < -0.4 is 4.90 Å². The van der Waals surface area contributed by atoms with E-state index in [-0.39, 0.29) is 34.1 Å². The van der Waals surface area contributed by atoms with Crippen LogP contribution in [-0.2, 0) is 10.2 Å². The Morgan fingerprint density at radius 2 is 1.92 bits per heavy atom. The van der Waals surface area contributed by atoms with Crippen LogP contribution in [-0.4, -0.2) is 23.0 Å². The summed E-state index contributed by atoms with van der Waals surface area (Å²) in [5.74, 6) is -0.758. The van der Waals surface area contributed by atoms with E-state index in [0.29, 0.717) is 5.69 Å². The molecule has 4 nitrogen and oxygen atoms in total. The van der Waals surface area contributed by atoms with Gasteiger partial charge in [-0.2, -0.15) is 0 Å². The van der Waals surface area contributed by atoms with E-state index in [9.17, 15) is 14.7 Å². The first-order valence-corrected chi connectivity index (χ1v) is 10.1. The average molecular weight is 378 g/mol. The van der Waals surface area contributed by atoms with Gasteiger partial charge in [0.25, 0.3) is 0 Å². The van der Waals surface area contributed by atoms with Gasteiger partial charge in [-0.3, -0.25) is 4.79 Å². The highest BCUT2D eigenvalue weighted by Gasteiger charge is 2.35. The van der Waals surface area contributed by atoms with Crippen LogP contribution in [0.1, 0.15) is 75.9 Å². The van der Waals surface area contributed by atoms with Crippen LogP contribution in [0.2, 0.25) is 0 Å². The minimum atomic E-state index is -0.966. The molecule has 1 aromatic rings. The van der Waals surface area contributed by atoms with Crippen molar-refractivity contribution in [3.05, 3.63) is 27.5 Å². The Morgan fingerprint density at radius 3 is 2.38 bits per heavy atom. The molecule has 0 spiro atoms. The number of thiophene rings is 1. The Kier molecular flexibility index (Phi) is 6.01. The van der Waals surface area contributed by atoms with Gasteiger partial charge in [-0.05, 0) is 51.0 Å². The van der Waals surface area contributed by atoms with E-state index < -0.39 is 5.97 Å². The maximum atomic E-state index is 13.4. The van der Waals surface area contributed by atoms with Crippen LogP contribution in [0.5, 0.6) is 0 Å². The third kappa shape index (κ3) is 4.20. The molecule has 0 aliphatic heterocycles. The van der Waals surface area contributed by atoms with Crippen molar-refractivity contribution >= 4 is 28.9 Å². The summed E-state index contributed by atoms with van der Waals surface area (Å²) in [7, 11) is 0. The lowest BCUT2D eigenvalue weighted by atomic mass is 9.80. The maximum absolute atomic E-state index is 13.4. The van der Waals surface area contributed by atoms with E-state index in [0.717, 1.165) is 17.7 Å². The molecule has 0 saturated heterocycles. The molecule has 0 radical (unpaired) electrons. The molecule has 2 rings (SSSR count). The first kappa shape index (κ1) is 20.7. The van der Waals surface area contributed by atoms with Crippen molar-refractivity contribution in [2.75, 3.05) is 4.90 Å². The van der Waals surface area contributed by atoms with Crippen LogP contribution in [0, 0.1) is 11.8 Å². The molecule has 0 fully saturated rings. The molecule has 26 heavy (non-hydrogen) atoms. The van der Waals surface area contributed by atoms with E-state index in [4.69, 9.17) is 0 Å². The largest absolute Gasteiger partial charge is 0.477 e. The topological polar surface area (TPSA) is 57.6 Å². The summed E-state index contributed by atoms with van der Waals surface area (Å²) in [6.07, 6.45) is 3.80. The summed E-state index contributed by atoms with van der Waals surface area (Å²) in [6, 6.07) is 1.81. The van der Waals surface area contributed by atoms with Gasteiger partial charge in [0.1, 0.15) is 4.88 Å². The summed E-state index contributed by atoms with van der Waals surface area (Å²) in [5, 5.41) is 9.72. The third-order valence-corrected chi connectivity index (χ3v) is 6.57. The van der Waals surface area contributed by atoms with Crippen LogP contribution in [0.3, 0.4) is 0 Å². The molecule has 2 atom stereocenters. The molecule has 0 saturated carbocycles. The second-order valence-electron chi connectivity index (χ2n) is 8.76. The summed E-state index contributed by atoms with van der Waals surface area (Å²) in [5.41, 5.74) is 1.72. The Balaban J connectivity index is 2.49. The second-order valence-corrected chi connectivity index (χ2v) is 9.81. The quantitative estimate of drug-likeness (QED) is 0.707. The number of carbonyl (C=O) groups excluding carboxylic acids is 1. The molecule has 0 aromatic carbocycles. The van der Waals surface area contributed by atoms with Crippen molar-refractivity contribution in [1.82, 2.24) is 0 Å². The van der Waals surface area contributed by atoms with Crippen molar-refractivity contribution in [3.63, 3.8) is 0 Å². The zero-order valence-corrected chi connectivity index (χ0v) is 17.7. The lowest BCUT2D eigenvalue weighted by Crippen LogP contribution is -2.44. The van der Waals surface area contributed by atoms with E-state index in [1.807, 2.05) is 19.9 Å². The number of carboxylic acids is 1. The first-order chi connectivity index (χ1) is 11.9. The zero-order valence-electron chi connectivity index (χ0n) is 16.9. The second kappa shape index (κ2) is 7.55. The molecule has 144 valence electrons. The van der Waals surface area contributed by atoms with Gasteiger partial charge in [-0.1, -0.05) is 39.3 Å². The Morgan fingerprint density at radius 1 is 1.31 bits per heavy atom. The van der Waals surface area contributed by atoms with Crippen molar-refractivity contribution < 1.29 is 14.7 Å². The van der Waals surface area contributed by atoms with E-state index in [1.54, 1.807) is 4.90 Å². The fraction of sp³-hybridized carbons (Fsp3) is 0.619. The van der Waals surface area contributed by atoms with Crippen molar-refractivity contribution in [2.24, 2.45) is 11.8 Å². The highest BCUT2D eigenvalue weighted by atomic mass is 32.1. The van der Waals surface area contributed by atoms with Gasteiger partial charge in [0, 0.05) is 16.8 Å². The van der Waals surface area contributed by atoms with Crippen LogP contribution in [0.4, 0.5) is 5.69 Å². The zero-order chi connectivity index (χ0) is 19.8. The predicted molar refractivity (Wildman–Crippen MR) is 108 cm³/mol.